The molecule has 1 aliphatic rings. The minimum absolute atomic E-state index is 0.378. The number of ether oxygens (including phenoxy) is 8. The first-order valence-electron chi connectivity index (χ1n) is 11.3. The van der Waals surface area contributed by atoms with E-state index in [9.17, 15) is 0 Å². The Hall–Kier alpha value is -0.600. The van der Waals surface area contributed by atoms with Crippen LogP contribution in [0.1, 0.15) is 0 Å². The number of hydrogen-bond donors (Lipinski definition) is 0. The molecule has 0 amide bonds. The van der Waals surface area contributed by atoms with Gasteiger partial charge in [0.2, 0.25) is 0 Å². The number of hydrogen-bond acceptors (Lipinski definition) is 8. The summed E-state index contributed by atoms with van der Waals surface area (Å²) in [5.74, 6) is 2.50. The molecule has 0 spiro atoms. The van der Waals surface area contributed by atoms with E-state index in [0.717, 1.165) is 17.9 Å². The maximum atomic E-state index is 5.87. The summed E-state index contributed by atoms with van der Waals surface area (Å²) in [7, 11) is 0. The molecule has 8 nitrogen and oxygen atoms in total. The van der Waals surface area contributed by atoms with E-state index in [1.54, 1.807) is 0 Å². The fourth-order valence-corrected chi connectivity index (χ4v) is 4.25. The Kier molecular flexibility index (Phi) is 14.2. The van der Waals surface area contributed by atoms with Crippen LogP contribution in [0.25, 0.3) is 0 Å². The van der Waals surface area contributed by atoms with Crippen molar-refractivity contribution in [3.05, 3.63) is 42.2 Å². The van der Waals surface area contributed by atoms with E-state index in [0.29, 0.717) is 102 Å². The summed E-state index contributed by atoms with van der Waals surface area (Å²) in [5.41, 5.74) is 0. The average Bonchev–Trinajstić information content (AvgIpc) is 2.85. The molecule has 0 N–H and O–H groups in total. The van der Waals surface area contributed by atoms with Crippen molar-refractivity contribution in [1.82, 2.24) is 0 Å². The lowest BCUT2D eigenvalue weighted by Crippen LogP contribution is -2.15. The minimum atomic E-state index is 0.378. The smallest absolute Gasteiger partial charge is 0.162 e. The Labute approximate surface area is 244 Å². The van der Waals surface area contributed by atoms with Crippen LogP contribution in [-0.2, 0) is 18.9 Å². The van der Waals surface area contributed by atoms with E-state index in [-0.39, 0.29) is 0 Å². The van der Waals surface area contributed by atoms with E-state index in [1.807, 2.05) is 24.3 Å². The zero-order chi connectivity index (χ0) is 25.6. The second kappa shape index (κ2) is 17.1. The average molecular weight is 764 g/mol. The Morgan fingerprint density at radius 3 is 0.750 bits per heavy atom. The van der Waals surface area contributed by atoms with Gasteiger partial charge in [-0.3, -0.25) is 0 Å². The van der Waals surface area contributed by atoms with Crippen molar-refractivity contribution in [3.8, 4) is 23.0 Å². The number of fused-ring (bicyclic) bond motifs is 2. The van der Waals surface area contributed by atoms with Gasteiger partial charge in [0.05, 0.1) is 52.9 Å². The first-order chi connectivity index (χ1) is 17.5. The van der Waals surface area contributed by atoms with Crippen molar-refractivity contribution in [3.63, 3.8) is 0 Å². The van der Waals surface area contributed by atoms with Crippen molar-refractivity contribution in [2.24, 2.45) is 0 Å². The van der Waals surface area contributed by atoms with Crippen LogP contribution in [-0.4, -0.2) is 79.3 Å². The maximum Gasteiger partial charge on any atom is 0.162 e. The van der Waals surface area contributed by atoms with Gasteiger partial charge < -0.3 is 37.9 Å². The second-order valence-electron chi connectivity index (χ2n) is 7.27. The molecule has 1 aliphatic heterocycles. The molecule has 0 unspecified atom stereocenters. The number of halogens is 4. The molecule has 0 saturated carbocycles. The molecule has 0 bridgehead atoms. The van der Waals surface area contributed by atoms with Gasteiger partial charge in [-0.15, -0.1) is 0 Å². The van der Waals surface area contributed by atoms with Gasteiger partial charge >= 0.3 is 0 Å². The molecule has 200 valence electrons. The summed E-state index contributed by atoms with van der Waals surface area (Å²) in [5, 5.41) is 0. The number of rotatable bonds is 0. The van der Waals surface area contributed by atoms with Gasteiger partial charge in [-0.05, 0) is 88.0 Å². The van der Waals surface area contributed by atoms with Crippen LogP contribution in [0.3, 0.4) is 0 Å². The maximum absolute atomic E-state index is 5.87. The molecule has 0 radical (unpaired) electrons. The van der Waals surface area contributed by atoms with Crippen molar-refractivity contribution in [1.29, 1.82) is 0 Å². The topological polar surface area (TPSA) is 73.8 Å². The molecular weight excluding hydrogens is 736 g/mol. The lowest BCUT2D eigenvalue weighted by Gasteiger charge is -2.15. The van der Waals surface area contributed by atoms with Gasteiger partial charge in [-0.1, -0.05) is 0 Å². The van der Waals surface area contributed by atoms with Crippen molar-refractivity contribution in [2.75, 3.05) is 79.3 Å². The predicted octanol–water partition coefficient (Wildman–Crippen LogP) is 6.03. The van der Waals surface area contributed by atoms with E-state index in [4.69, 9.17) is 37.9 Å². The highest BCUT2D eigenvalue weighted by Gasteiger charge is 2.12. The summed E-state index contributed by atoms with van der Waals surface area (Å²) in [6.45, 7) is 4.99. The van der Waals surface area contributed by atoms with Crippen LogP contribution >= 0.6 is 63.7 Å². The Balaban J connectivity index is 1.52. The molecule has 0 aliphatic carbocycles. The molecule has 2 aromatic carbocycles. The highest BCUT2D eigenvalue weighted by atomic mass is 79.9. The zero-order valence-corrected chi connectivity index (χ0v) is 25.9. The van der Waals surface area contributed by atoms with Crippen molar-refractivity contribution in [2.45, 2.75) is 0 Å². The first-order valence-corrected chi connectivity index (χ1v) is 14.5. The van der Waals surface area contributed by atoms with Crippen LogP contribution in [0.2, 0.25) is 0 Å². The second-order valence-corrected chi connectivity index (χ2v) is 10.7. The quantitative estimate of drug-likeness (QED) is 0.323. The van der Waals surface area contributed by atoms with Crippen LogP contribution in [0.4, 0.5) is 0 Å². The zero-order valence-electron chi connectivity index (χ0n) is 19.6. The normalized spacial score (nSPS) is 17.7. The van der Waals surface area contributed by atoms with Crippen molar-refractivity contribution < 1.29 is 37.9 Å². The van der Waals surface area contributed by atoms with Crippen LogP contribution in [0.5, 0.6) is 23.0 Å². The lowest BCUT2D eigenvalue weighted by molar-refractivity contribution is 0.0223. The standard InChI is InChI=1S/C24H28Br4O8/c25-17-13-21-22(14-18(17)26)35-11-7-31-3-4-32-8-12-36-24-16-20(28)19(27)15-23(24)34-10-6-30-2-1-29-5-9-33-21/h13-16H,1-12H2. The molecule has 0 aromatic heterocycles. The molecule has 3 rings (SSSR count). The van der Waals surface area contributed by atoms with Crippen molar-refractivity contribution >= 4 is 63.7 Å². The third-order valence-corrected chi connectivity index (χ3v) is 8.35. The number of benzene rings is 2. The van der Waals surface area contributed by atoms with E-state index >= 15 is 0 Å². The third kappa shape index (κ3) is 10.6. The molecule has 2 aromatic rings. The van der Waals surface area contributed by atoms with Crippen LogP contribution < -0.4 is 18.9 Å². The molecule has 12 heteroatoms. The van der Waals surface area contributed by atoms with Gasteiger partial charge in [0.25, 0.3) is 0 Å². The van der Waals surface area contributed by atoms with E-state index in [1.165, 1.54) is 0 Å². The Morgan fingerprint density at radius 2 is 0.528 bits per heavy atom. The predicted molar refractivity (Wildman–Crippen MR) is 149 cm³/mol. The minimum Gasteiger partial charge on any atom is -0.487 e. The van der Waals surface area contributed by atoms with Gasteiger partial charge in [0.15, 0.2) is 23.0 Å². The fraction of sp³-hybridized carbons (Fsp3) is 0.500. The highest BCUT2D eigenvalue weighted by molar-refractivity contribution is 9.13. The summed E-state index contributed by atoms with van der Waals surface area (Å²) in [6.07, 6.45) is 0. The molecule has 0 fully saturated rings. The fourth-order valence-electron chi connectivity index (χ4n) is 2.96. The summed E-state index contributed by atoms with van der Waals surface area (Å²) in [4.78, 5) is 0. The lowest BCUT2D eigenvalue weighted by atomic mass is 10.3. The Bertz CT molecular complexity index is 797. The van der Waals surface area contributed by atoms with Gasteiger partial charge in [0.1, 0.15) is 26.4 Å². The molecule has 0 atom stereocenters. The summed E-state index contributed by atoms with van der Waals surface area (Å²) >= 11 is 14.0. The largest absolute Gasteiger partial charge is 0.487 e. The van der Waals surface area contributed by atoms with Crippen LogP contribution in [0.15, 0.2) is 42.2 Å². The van der Waals surface area contributed by atoms with E-state index in [2.05, 4.69) is 63.7 Å². The summed E-state index contributed by atoms with van der Waals surface area (Å²) < 4.78 is 49.4. The molecule has 36 heavy (non-hydrogen) atoms. The van der Waals surface area contributed by atoms with Crippen LogP contribution in [0, 0.1) is 0 Å². The third-order valence-electron chi connectivity index (χ3n) is 4.66. The monoisotopic (exact) mass is 760 g/mol. The molecular formula is C24H28Br4O8. The first kappa shape index (κ1) is 29.9. The van der Waals surface area contributed by atoms with Gasteiger partial charge in [0, 0.05) is 17.9 Å². The molecule has 1 heterocycles. The highest BCUT2D eigenvalue weighted by Crippen LogP contribution is 2.37. The molecule has 0 saturated heterocycles. The van der Waals surface area contributed by atoms with E-state index < -0.39 is 0 Å². The SMILES string of the molecule is Brc1cc2c(cc1Br)OCCOCCOCCOc1cc(Br)c(Br)cc1OCCOCCOCCO2. The van der Waals surface area contributed by atoms with Gasteiger partial charge in [-0.2, -0.15) is 0 Å². The van der Waals surface area contributed by atoms with Gasteiger partial charge in [-0.25, -0.2) is 0 Å². The summed E-state index contributed by atoms with van der Waals surface area (Å²) in [6, 6.07) is 7.44. The Morgan fingerprint density at radius 1 is 0.333 bits per heavy atom.